The minimum atomic E-state index is -0.652. The molecule has 134 valence electrons. The molecule has 4 rings (SSSR count). The topological polar surface area (TPSA) is 69.0 Å². The molecule has 27 heavy (non-hydrogen) atoms. The molecule has 0 aliphatic heterocycles. The Morgan fingerprint density at radius 2 is 1.96 bits per heavy atom. The third-order valence-corrected chi connectivity index (χ3v) is 4.13. The fourth-order valence-corrected chi connectivity index (χ4v) is 2.75. The second kappa shape index (κ2) is 6.87. The molecule has 0 fully saturated rings. The molecule has 2 heterocycles. The van der Waals surface area contributed by atoms with E-state index in [9.17, 15) is 9.18 Å². The number of rotatable bonds is 4. The van der Waals surface area contributed by atoms with E-state index in [1.165, 1.54) is 31.5 Å². The van der Waals surface area contributed by atoms with E-state index in [2.05, 4.69) is 15.3 Å². The molecule has 2 aromatic carbocycles. The number of halogens is 1. The number of fused-ring (bicyclic) bond motifs is 1. The van der Waals surface area contributed by atoms with Crippen LogP contribution in [0.3, 0.4) is 0 Å². The van der Waals surface area contributed by atoms with Crippen molar-refractivity contribution in [3.63, 3.8) is 0 Å². The number of hydrogen-bond donors (Lipinski definition) is 1. The summed E-state index contributed by atoms with van der Waals surface area (Å²) in [6, 6.07) is 15.3. The Balaban J connectivity index is 1.55. The zero-order chi connectivity index (χ0) is 18.8. The van der Waals surface area contributed by atoms with Crippen molar-refractivity contribution in [2.75, 3.05) is 12.4 Å². The number of nitrogens with one attached hydrogen (secondary N) is 1. The monoisotopic (exact) mass is 362 g/mol. The molecule has 0 saturated carbocycles. The first kappa shape index (κ1) is 16.7. The first-order chi connectivity index (χ1) is 13.2. The molecule has 6 nitrogen and oxygen atoms in total. The number of hydrogen-bond acceptors (Lipinski definition) is 4. The SMILES string of the molecule is COc1ccc(C(=O)Nc2ccc(-n3cnc4ccccc43)nc2)c(F)c1. The van der Waals surface area contributed by atoms with E-state index >= 15 is 0 Å². The summed E-state index contributed by atoms with van der Waals surface area (Å²) in [6.45, 7) is 0. The van der Waals surface area contributed by atoms with Crippen LogP contribution in [0.15, 0.2) is 67.1 Å². The van der Waals surface area contributed by atoms with Crippen LogP contribution >= 0.6 is 0 Å². The zero-order valence-electron chi connectivity index (χ0n) is 14.4. The average molecular weight is 362 g/mol. The van der Waals surface area contributed by atoms with Gasteiger partial charge in [-0.1, -0.05) is 12.1 Å². The molecule has 1 amide bonds. The van der Waals surface area contributed by atoms with Gasteiger partial charge in [-0.15, -0.1) is 0 Å². The Kier molecular flexibility index (Phi) is 4.25. The summed E-state index contributed by atoms with van der Waals surface area (Å²) in [4.78, 5) is 21.0. The maximum Gasteiger partial charge on any atom is 0.258 e. The molecule has 4 aromatic rings. The lowest BCUT2D eigenvalue weighted by molar-refractivity contribution is 0.102. The number of carbonyl (C=O) groups is 1. The molecule has 0 radical (unpaired) electrons. The predicted octanol–water partition coefficient (Wildman–Crippen LogP) is 3.82. The van der Waals surface area contributed by atoms with Gasteiger partial charge in [0.25, 0.3) is 5.91 Å². The number of amides is 1. The van der Waals surface area contributed by atoms with Crippen LogP contribution < -0.4 is 10.1 Å². The van der Waals surface area contributed by atoms with Crippen molar-refractivity contribution in [3.05, 3.63) is 78.5 Å². The molecule has 0 bridgehead atoms. The van der Waals surface area contributed by atoms with Crippen molar-refractivity contribution >= 4 is 22.6 Å². The highest BCUT2D eigenvalue weighted by atomic mass is 19.1. The Morgan fingerprint density at radius 1 is 1.11 bits per heavy atom. The normalized spacial score (nSPS) is 10.7. The van der Waals surface area contributed by atoms with Crippen molar-refractivity contribution in [2.45, 2.75) is 0 Å². The largest absolute Gasteiger partial charge is 0.497 e. The van der Waals surface area contributed by atoms with Crippen LogP contribution in [0, 0.1) is 5.82 Å². The third-order valence-electron chi connectivity index (χ3n) is 4.13. The maximum absolute atomic E-state index is 14.0. The average Bonchev–Trinajstić information content (AvgIpc) is 3.12. The molecule has 0 unspecified atom stereocenters. The summed E-state index contributed by atoms with van der Waals surface area (Å²) < 4.78 is 20.8. The molecule has 0 saturated heterocycles. The van der Waals surface area contributed by atoms with Crippen LogP contribution in [0.25, 0.3) is 16.9 Å². The highest BCUT2D eigenvalue weighted by molar-refractivity contribution is 6.04. The minimum Gasteiger partial charge on any atom is -0.497 e. The van der Waals surface area contributed by atoms with Gasteiger partial charge in [0.05, 0.1) is 35.6 Å². The van der Waals surface area contributed by atoms with Gasteiger partial charge in [-0.3, -0.25) is 9.36 Å². The number of carbonyl (C=O) groups excluding carboxylic acids is 1. The lowest BCUT2D eigenvalue weighted by Crippen LogP contribution is -2.14. The molecule has 0 aliphatic rings. The van der Waals surface area contributed by atoms with Crippen LogP contribution in [-0.4, -0.2) is 27.6 Å². The first-order valence-electron chi connectivity index (χ1n) is 8.19. The van der Waals surface area contributed by atoms with E-state index in [-0.39, 0.29) is 5.56 Å². The molecular formula is C20H15FN4O2. The number of imidazole rings is 1. The van der Waals surface area contributed by atoms with Gasteiger partial charge in [0, 0.05) is 6.07 Å². The van der Waals surface area contributed by atoms with E-state index in [1.807, 2.05) is 28.8 Å². The molecule has 0 atom stereocenters. The quantitative estimate of drug-likeness (QED) is 0.599. The van der Waals surface area contributed by atoms with E-state index in [4.69, 9.17) is 4.74 Å². The molecule has 1 N–H and O–H groups in total. The van der Waals surface area contributed by atoms with Gasteiger partial charge >= 0.3 is 0 Å². The second-order valence-corrected chi connectivity index (χ2v) is 5.81. The van der Waals surface area contributed by atoms with Crippen molar-refractivity contribution in [1.29, 1.82) is 0 Å². The fourth-order valence-electron chi connectivity index (χ4n) is 2.75. The predicted molar refractivity (Wildman–Crippen MR) is 99.8 cm³/mol. The molecule has 0 spiro atoms. The van der Waals surface area contributed by atoms with Crippen LogP contribution in [0.4, 0.5) is 10.1 Å². The summed E-state index contributed by atoms with van der Waals surface area (Å²) in [5.74, 6) is -0.195. The highest BCUT2D eigenvalue weighted by Crippen LogP contribution is 2.19. The van der Waals surface area contributed by atoms with Gasteiger partial charge in [0.1, 0.15) is 23.7 Å². The van der Waals surface area contributed by atoms with Gasteiger partial charge < -0.3 is 10.1 Å². The van der Waals surface area contributed by atoms with Crippen molar-refractivity contribution < 1.29 is 13.9 Å². The van der Waals surface area contributed by atoms with Gasteiger partial charge in [0.15, 0.2) is 0 Å². The number of pyridine rings is 1. The highest BCUT2D eigenvalue weighted by Gasteiger charge is 2.13. The molecule has 7 heteroatoms. The number of aromatic nitrogens is 3. The van der Waals surface area contributed by atoms with E-state index in [0.717, 1.165) is 11.0 Å². The number of anilines is 1. The second-order valence-electron chi connectivity index (χ2n) is 5.81. The van der Waals surface area contributed by atoms with Gasteiger partial charge in [-0.25, -0.2) is 14.4 Å². The first-order valence-corrected chi connectivity index (χ1v) is 8.19. The van der Waals surface area contributed by atoms with Crippen molar-refractivity contribution in [1.82, 2.24) is 14.5 Å². The smallest absolute Gasteiger partial charge is 0.258 e. The summed E-state index contributed by atoms with van der Waals surface area (Å²) in [5, 5.41) is 2.64. The summed E-state index contributed by atoms with van der Waals surface area (Å²) >= 11 is 0. The number of ether oxygens (including phenoxy) is 1. The van der Waals surface area contributed by atoms with Gasteiger partial charge in [-0.05, 0) is 36.4 Å². The number of benzene rings is 2. The van der Waals surface area contributed by atoms with E-state index < -0.39 is 11.7 Å². The van der Waals surface area contributed by atoms with Crippen LogP contribution in [0.2, 0.25) is 0 Å². The lowest BCUT2D eigenvalue weighted by Gasteiger charge is -2.08. The lowest BCUT2D eigenvalue weighted by atomic mass is 10.2. The van der Waals surface area contributed by atoms with Crippen LogP contribution in [-0.2, 0) is 0 Å². The Hall–Kier alpha value is -3.74. The third kappa shape index (κ3) is 3.22. The number of nitrogens with zero attached hydrogens (tertiary/aromatic N) is 3. The minimum absolute atomic E-state index is 0.0690. The zero-order valence-corrected chi connectivity index (χ0v) is 14.4. The van der Waals surface area contributed by atoms with E-state index in [1.54, 1.807) is 18.5 Å². The van der Waals surface area contributed by atoms with Crippen LogP contribution in [0.5, 0.6) is 5.75 Å². The van der Waals surface area contributed by atoms with Crippen LogP contribution in [0.1, 0.15) is 10.4 Å². The Bertz CT molecular complexity index is 1120. The van der Waals surface area contributed by atoms with E-state index in [0.29, 0.717) is 17.3 Å². The van der Waals surface area contributed by atoms with Gasteiger partial charge in [-0.2, -0.15) is 0 Å². The molecular weight excluding hydrogens is 347 g/mol. The number of para-hydroxylation sites is 2. The van der Waals surface area contributed by atoms with Crippen molar-refractivity contribution in [2.24, 2.45) is 0 Å². The summed E-state index contributed by atoms with van der Waals surface area (Å²) in [7, 11) is 1.44. The van der Waals surface area contributed by atoms with Gasteiger partial charge in [0.2, 0.25) is 0 Å². The Labute approximate surface area is 154 Å². The summed E-state index contributed by atoms with van der Waals surface area (Å²) in [6.07, 6.45) is 3.21. The maximum atomic E-state index is 14.0. The molecule has 0 aliphatic carbocycles. The summed E-state index contributed by atoms with van der Waals surface area (Å²) in [5.41, 5.74) is 2.19. The standard InChI is InChI=1S/C20H15FN4O2/c1-27-14-7-8-15(16(21)10-14)20(26)24-13-6-9-19(22-11-13)25-12-23-17-4-2-3-5-18(17)25/h2-12H,1H3,(H,24,26). The Morgan fingerprint density at radius 3 is 2.70 bits per heavy atom. The molecule has 2 aromatic heterocycles. The van der Waals surface area contributed by atoms with Crippen molar-refractivity contribution in [3.8, 4) is 11.6 Å². The fraction of sp³-hybridized carbons (Fsp3) is 0.0500. The number of methoxy groups -OCH3 is 1.